The zero-order valence-electron chi connectivity index (χ0n) is 14.9. The highest BCUT2D eigenvalue weighted by molar-refractivity contribution is 14.0. The van der Waals surface area contributed by atoms with Crippen LogP contribution in [0.5, 0.6) is 0 Å². The maximum absolute atomic E-state index is 11.6. The minimum atomic E-state index is -3.24. The summed E-state index contributed by atoms with van der Waals surface area (Å²) in [5.41, 5.74) is 1.78. The molecule has 0 unspecified atom stereocenters. The van der Waals surface area contributed by atoms with Crippen molar-refractivity contribution in [1.82, 2.24) is 15.4 Å². The molecule has 0 saturated heterocycles. The van der Waals surface area contributed by atoms with Crippen LogP contribution in [0.4, 0.5) is 0 Å². The molecule has 0 aliphatic carbocycles. The van der Waals surface area contributed by atoms with Crippen LogP contribution in [0, 0.1) is 0 Å². The minimum Gasteiger partial charge on any atom is -0.357 e. The summed E-state index contributed by atoms with van der Waals surface area (Å²) in [6.07, 6.45) is 0. The van der Waals surface area contributed by atoms with Crippen molar-refractivity contribution in [2.45, 2.75) is 25.8 Å². The fraction of sp³-hybridized carbons (Fsp3) is 0.353. The molecule has 0 amide bonds. The highest BCUT2D eigenvalue weighted by Gasteiger charge is 2.08. The fourth-order valence-electron chi connectivity index (χ4n) is 2.13. The Kier molecular flexibility index (Phi) is 10.1. The summed E-state index contributed by atoms with van der Waals surface area (Å²) in [6, 6.07) is 11.6. The van der Waals surface area contributed by atoms with Crippen LogP contribution in [0.25, 0.3) is 0 Å². The van der Waals surface area contributed by atoms with Crippen LogP contribution in [0.1, 0.15) is 22.9 Å². The third-order valence-electron chi connectivity index (χ3n) is 3.46. The first-order valence-corrected chi connectivity index (χ1v) is 10.6. The van der Waals surface area contributed by atoms with Gasteiger partial charge in [0.25, 0.3) is 0 Å². The van der Waals surface area contributed by atoms with Crippen LogP contribution in [-0.2, 0) is 28.9 Å². The molecule has 2 rings (SSSR count). The smallest absolute Gasteiger partial charge is 0.215 e. The summed E-state index contributed by atoms with van der Waals surface area (Å²) >= 11 is 1.71. The molecule has 2 aromatic rings. The second-order valence-electron chi connectivity index (χ2n) is 5.41. The van der Waals surface area contributed by atoms with Gasteiger partial charge >= 0.3 is 0 Å². The quantitative estimate of drug-likeness (QED) is 0.291. The lowest BCUT2D eigenvalue weighted by Crippen LogP contribution is -2.36. The molecule has 1 aromatic heterocycles. The monoisotopic (exact) mass is 508 g/mol. The molecule has 144 valence electrons. The zero-order chi connectivity index (χ0) is 18.1. The third-order valence-corrected chi connectivity index (χ3v) is 5.68. The van der Waals surface area contributed by atoms with Gasteiger partial charge in [0.05, 0.1) is 18.8 Å². The lowest BCUT2D eigenvalue weighted by Gasteiger charge is -2.10. The van der Waals surface area contributed by atoms with Crippen molar-refractivity contribution in [2.24, 2.45) is 4.99 Å². The first-order valence-electron chi connectivity index (χ1n) is 8.06. The predicted octanol–water partition coefficient (Wildman–Crippen LogP) is 2.67. The number of nitrogens with zero attached hydrogens (tertiary/aromatic N) is 1. The SMILES string of the molecule is CCNC(=NCc1ccc(CS(=O)(=O)NC)cc1)NCc1cccs1.I. The normalized spacial score (nSPS) is 11.7. The van der Waals surface area contributed by atoms with Gasteiger partial charge in [0.1, 0.15) is 0 Å². The Hall–Kier alpha value is -1.17. The van der Waals surface area contributed by atoms with E-state index in [9.17, 15) is 8.42 Å². The summed E-state index contributed by atoms with van der Waals surface area (Å²) < 4.78 is 25.4. The van der Waals surface area contributed by atoms with E-state index in [1.807, 2.05) is 37.3 Å². The number of nitrogens with one attached hydrogen (secondary N) is 3. The van der Waals surface area contributed by atoms with Gasteiger partial charge in [-0.1, -0.05) is 30.3 Å². The van der Waals surface area contributed by atoms with Crippen molar-refractivity contribution >= 4 is 51.3 Å². The molecular weight excluding hydrogens is 483 g/mol. The Morgan fingerprint density at radius 3 is 2.38 bits per heavy atom. The number of benzene rings is 1. The van der Waals surface area contributed by atoms with Crippen molar-refractivity contribution in [2.75, 3.05) is 13.6 Å². The standard InChI is InChI=1S/C17H24N4O2S2.HI/c1-3-19-17(21-12-16-5-4-10-24-16)20-11-14-6-8-15(9-7-14)13-25(22,23)18-2;/h4-10,18H,3,11-13H2,1-2H3,(H2,19,20,21);1H. The Balaban J connectivity index is 0.00000338. The zero-order valence-corrected chi connectivity index (χ0v) is 18.8. The van der Waals surface area contributed by atoms with Gasteiger partial charge in [-0.2, -0.15) is 0 Å². The first-order chi connectivity index (χ1) is 12.0. The van der Waals surface area contributed by atoms with Crippen LogP contribution in [0.3, 0.4) is 0 Å². The molecule has 9 heteroatoms. The maximum atomic E-state index is 11.6. The van der Waals surface area contributed by atoms with Gasteiger partial charge in [-0.3, -0.25) is 0 Å². The first kappa shape index (κ1) is 22.9. The average molecular weight is 508 g/mol. The molecule has 0 fully saturated rings. The largest absolute Gasteiger partial charge is 0.357 e. The lowest BCUT2D eigenvalue weighted by atomic mass is 10.1. The molecular formula is C17H25IN4O2S2. The van der Waals surface area contributed by atoms with Crippen LogP contribution in [-0.4, -0.2) is 28.0 Å². The van der Waals surface area contributed by atoms with Crippen LogP contribution in [0.15, 0.2) is 46.8 Å². The molecule has 0 radical (unpaired) electrons. The van der Waals surface area contributed by atoms with E-state index in [0.29, 0.717) is 6.54 Å². The van der Waals surface area contributed by atoms with E-state index in [4.69, 9.17) is 0 Å². The van der Waals surface area contributed by atoms with Crippen LogP contribution < -0.4 is 15.4 Å². The molecule has 0 aliphatic heterocycles. The number of aliphatic imine (C=N–C) groups is 1. The van der Waals surface area contributed by atoms with Crippen molar-refractivity contribution in [3.05, 3.63) is 57.8 Å². The summed E-state index contributed by atoms with van der Waals surface area (Å²) in [6.45, 7) is 4.08. The number of halogens is 1. The predicted molar refractivity (Wildman–Crippen MR) is 120 cm³/mol. The molecule has 0 spiro atoms. The van der Waals surface area contributed by atoms with Gasteiger partial charge in [-0.05, 0) is 36.5 Å². The molecule has 0 atom stereocenters. The van der Waals surface area contributed by atoms with E-state index in [-0.39, 0.29) is 29.7 Å². The van der Waals surface area contributed by atoms with Crippen molar-refractivity contribution in [3.63, 3.8) is 0 Å². The minimum absolute atomic E-state index is 0. The highest BCUT2D eigenvalue weighted by atomic mass is 127. The fourth-order valence-corrected chi connectivity index (χ4v) is 3.55. The molecule has 6 nitrogen and oxygen atoms in total. The number of sulfonamides is 1. The Bertz CT molecular complexity index is 776. The average Bonchev–Trinajstić information content (AvgIpc) is 3.12. The second kappa shape index (κ2) is 11.5. The van der Waals surface area contributed by atoms with Crippen molar-refractivity contribution in [1.29, 1.82) is 0 Å². The molecule has 1 aromatic carbocycles. The van der Waals surface area contributed by atoms with Gasteiger partial charge in [0, 0.05) is 11.4 Å². The second-order valence-corrected chi connectivity index (χ2v) is 8.37. The third kappa shape index (κ3) is 8.02. The molecule has 1 heterocycles. The molecule has 0 saturated carbocycles. The van der Waals surface area contributed by atoms with Crippen molar-refractivity contribution < 1.29 is 8.42 Å². The van der Waals surface area contributed by atoms with E-state index in [2.05, 4.69) is 31.8 Å². The summed E-state index contributed by atoms with van der Waals surface area (Å²) in [5, 5.41) is 8.58. The molecule has 0 aliphatic rings. The van der Waals surface area contributed by atoms with E-state index >= 15 is 0 Å². The number of thiophene rings is 1. The molecule has 26 heavy (non-hydrogen) atoms. The van der Waals surface area contributed by atoms with E-state index in [0.717, 1.165) is 30.2 Å². The number of hydrogen-bond donors (Lipinski definition) is 3. The number of rotatable bonds is 8. The van der Waals surface area contributed by atoms with Gasteiger partial charge < -0.3 is 10.6 Å². The molecule has 0 bridgehead atoms. The Morgan fingerprint density at radius 1 is 1.12 bits per heavy atom. The number of guanidine groups is 1. The lowest BCUT2D eigenvalue weighted by molar-refractivity contribution is 0.587. The molecule has 3 N–H and O–H groups in total. The topological polar surface area (TPSA) is 82.6 Å². The van der Waals surface area contributed by atoms with E-state index in [1.165, 1.54) is 11.9 Å². The van der Waals surface area contributed by atoms with E-state index in [1.54, 1.807) is 11.3 Å². The van der Waals surface area contributed by atoms with E-state index < -0.39 is 10.0 Å². The maximum Gasteiger partial charge on any atom is 0.215 e. The van der Waals surface area contributed by atoms with Gasteiger partial charge in [0.15, 0.2) is 5.96 Å². The van der Waals surface area contributed by atoms with Crippen molar-refractivity contribution in [3.8, 4) is 0 Å². The summed E-state index contributed by atoms with van der Waals surface area (Å²) in [5.74, 6) is 0.746. The van der Waals surface area contributed by atoms with Gasteiger partial charge in [-0.15, -0.1) is 35.3 Å². The highest BCUT2D eigenvalue weighted by Crippen LogP contribution is 2.09. The Labute approximate surface area is 176 Å². The summed E-state index contributed by atoms with van der Waals surface area (Å²) in [7, 11) is -1.82. The number of hydrogen-bond acceptors (Lipinski definition) is 4. The van der Waals surface area contributed by atoms with Gasteiger partial charge in [-0.25, -0.2) is 18.1 Å². The summed E-state index contributed by atoms with van der Waals surface area (Å²) in [4.78, 5) is 5.82. The van der Waals surface area contributed by atoms with Crippen LogP contribution >= 0.6 is 35.3 Å². The Morgan fingerprint density at radius 2 is 1.81 bits per heavy atom. The van der Waals surface area contributed by atoms with Gasteiger partial charge in [0.2, 0.25) is 10.0 Å². The van der Waals surface area contributed by atoms with Crippen LogP contribution in [0.2, 0.25) is 0 Å².